The molecule has 1 N–H and O–H groups in total. The van der Waals surface area contributed by atoms with Gasteiger partial charge in [-0.25, -0.2) is 4.79 Å². The van der Waals surface area contributed by atoms with Crippen LogP contribution in [-0.2, 0) is 16.1 Å². The molecule has 4 rings (SSSR count). The highest BCUT2D eigenvalue weighted by molar-refractivity contribution is 7.20. The van der Waals surface area contributed by atoms with E-state index in [1.807, 2.05) is 35.9 Å². The summed E-state index contributed by atoms with van der Waals surface area (Å²) < 4.78 is 11.8. The topological polar surface area (TPSA) is 99.2 Å². The van der Waals surface area contributed by atoms with Gasteiger partial charge < -0.3 is 14.6 Å². The van der Waals surface area contributed by atoms with Gasteiger partial charge in [-0.1, -0.05) is 35.0 Å². The van der Waals surface area contributed by atoms with Crippen molar-refractivity contribution in [1.82, 2.24) is 14.9 Å². The first-order valence-corrected chi connectivity index (χ1v) is 10.2. The summed E-state index contributed by atoms with van der Waals surface area (Å²) in [6.45, 7) is 3.64. The number of esters is 1. The maximum absolute atomic E-state index is 12.4. The molecule has 0 bridgehead atoms. The van der Waals surface area contributed by atoms with Gasteiger partial charge in [-0.05, 0) is 31.5 Å². The summed E-state index contributed by atoms with van der Waals surface area (Å²) in [6, 6.07) is 10.8. The molecule has 10 heteroatoms. The average molecular weight is 445 g/mol. The van der Waals surface area contributed by atoms with Crippen LogP contribution in [0.4, 0.5) is 5.82 Å². The Labute approximate surface area is 180 Å². The van der Waals surface area contributed by atoms with Gasteiger partial charge in [0.2, 0.25) is 0 Å². The first-order valence-electron chi connectivity index (χ1n) is 9.01. The molecule has 3 aromatic heterocycles. The Kier molecular flexibility index (Phi) is 5.56. The van der Waals surface area contributed by atoms with Crippen molar-refractivity contribution in [2.75, 3.05) is 11.9 Å². The van der Waals surface area contributed by atoms with E-state index in [1.54, 1.807) is 19.1 Å². The van der Waals surface area contributed by atoms with Crippen molar-refractivity contribution < 1.29 is 18.8 Å². The molecule has 154 valence electrons. The summed E-state index contributed by atoms with van der Waals surface area (Å²) >= 11 is 7.52. The number of ether oxygens (including phenoxy) is 1. The second kappa shape index (κ2) is 8.29. The van der Waals surface area contributed by atoms with Crippen molar-refractivity contribution in [3.63, 3.8) is 0 Å². The largest absolute Gasteiger partial charge is 0.451 e. The maximum atomic E-state index is 12.4. The number of carbonyl (C=O) groups is 2. The molecule has 4 aromatic rings. The molecule has 1 amide bonds. The molecule has 1 aromatic carbocycles. The van der Waals surface area contributed by atoms with E-state index in [2.05, 4.69) is 15.6 Å². The SMILES string of the molecule is Cc1cc(NC(=O)COC(=O)c2cc3c(C)nn(Cc4ccccc4Cl)c3s2)no1. The summed E-state index contributed by atoms with van der Waals surface area (Å²) in [5.74, 6) is -0.246. The highest BCUT2D eigenvalue weighted by atomic mass is 35.5. The molecule has 0 spiro atoms. The smallest absolute Gasteiger partial charge is 0.348 e. The van der Waals surface area contributed by atoms with Gasteiger partial charge in [-0.2, -0.15) is 5.10 Å². The third-order valence-electron chi connectivity index (χ3n) is 4.32. The van der Waals surface area contributed by atoms with E-state index in [1.165, 1.54) is 11.3 Å². The second-order valence-electron chi connectivity index (χ2n) is 6.61. The molecule has 0 atom stereocenters. The van der Waals surface area contributed by atoms with Crippen molar-refractivity contribution in [2.24, 2.45) is 0 Å². The summed E-state index contributed by atoms with van der Waals surface area (Å²) in [4.78, 5) is 25.6. The number of anilines is 1. The van der Waals surface area contributed by atoms with E-state index in [-0.39, 0.29) is 5.82 Å². The third kappa shape index (κ3) is 4.22. The van der Waals surface area contributed by atoms with E-state index in [0.29, 0.717) is 22.2 Å². The minimum absolute atomic E-state index is 0.269. The number of nitrogens with zero attached hydrogens (tertiary/aromatic N) is 3. The van der Waals surface area contributed by atoms with E-state index >= 15 is 0 Å². The number of halogens is 1. The van der Waals surface area contributed by atoms with Crippen molar-refractivity contribution in [2.45, 2.75) is 20.4 Å². The van der Waals surface area contributed by atoms with Crippen LogP contribution in [-0.4, -0.2) is 33.4 Å². The van der Waals surface area contributed by atoms with Crippen LogP contribution in [0.3, 0.4) is 0 Å². The first-order chi connectivity index (χ1) is 14.4. The Balaban J connectivity index is 1.46. The lowest BCUT2D eigenvalue weighted by atomic mass is 10.2. The van der Waals surface area contributed by atoms with Crippen LogP contribution in [0.5, 0.6) is 0 Å². The molecule has 0 aliphatic rings. The van der Waals surface area contributed by atoms with E-state index in [4.69, 9.17) is 20.9 Å². The second-order valence-corrected chi connectivity index (χ2v) is 8.05. The predicted molar refractivity (Wildman–Crippen MR) is 113 cm³/mol. The van der Waals surface area contributed by atoms with Gasteiger partial charge in [-0.15, -0.1) is 11.3 Å². The molecule has 0 aliphatic heterocycles. The van der Waals surface area contributed by atoms with Crippen molar-refractivity contribution in [3.8, 4) is 0 Å². The average Bonchev–Trinajstić information content (AvgIpc) is 3.40. The van der Waals surface area contributed by atoms with Gasteiger partial charge in [0.25, 0.3) is 5.91 Å². The van der Waals surface area contributed by atoms with E-state index in [0.717, 1.165) is 21.5 Å². The lowest BCUT2D eigenvalue weighted by Gasteiger charge is -2.05. The van der Waals surface area contributed by atoms with Crippen molar-refractivity contribution in [1.29, 1.82) is 0 Å². The number of rotatable bonds is 6. The number of benzene rings is 1. The molecule has 0 fully saturated rings. The van der Waals surface area contributed by atoms with E-state index < -0.39 is 18.5 Å². The number of nitrogens with one attached hydrogen (secondary N) is 1. The van der Waals surface area contributed by atoms with Gasteiger partial charge >= 0.3 is 5.97 Å². The summed E-state index contributed by atoms with van der Waals surface area (Å²) in [7, 11) is 0. The molecule has 0 saturated heterocycles. The number of thiophene rings is 1. The lowest BCUT2D eigenvalue weighted by Crippen LogP contribution is -2.20. The molecular weight excluding hydrogens is 428 g/mol. The number of hydrogen-bond donors (Lipinski definition) is 1. The summed E-state index contributed by atoms with van der Waals surface area (Å²) in [5.41, 5.74) is 1.73. The van der Waals surface area contributed by atoms with Crippen LogP contribution < -0.4 is 5.32 Å². The Morgan fingerprint density at radius 2 is 2.07 bits per heavy atom. The number of amides is 1. The van der Waals surface area contributed by atoms with Crippen molar-refractivity contribution >= 4 is 50.8 Å². The molecule has 0 saturated carbocycles. The zero-order valence-corrected chi connectivity index (χ0v) is 17.7. The van der Waals surface area contributed by atoms with Gasteiger partial charge in [0.15, 0.2) is 12.4 Å². The number of fused-ring (bicyclic) bond motifs is 1. The Bertz CT molecular complexity index is 1240. The van der Waals surface area contributed by atoms with Crippen LogP contribution in [0.15, 0.2) is 40.9 Å². The van der Waals surface area contributed by atoms with Crippen LogP contribution in [0, 0.1) is 13.8 Å². The van der Waals surface area contributed by atoms with Crippen LogP contribution >= 0.6 is 22.9 Å². The zero-order chi connectivity index (χ0) is 21.3. The summed E-state index contributed by atoms with van der Waals surface area (Å²) in [6.07, 6.45) is 0. The molecule has 8 nitrogen and oxygen atoms in total. The van der Waals surface area contributed by atoms with Gasteiger partial charge in [0.1, 0.15) is 15.5 Å². The van der Waals surface area contributed by atoms with Crippen molar-refractivity contribution in [3.05, 3.63) is 63.3 Å². The number of aryl methyl sites for hydroxylation is 2. The normalized spacial score (nSPS) is 11.0. The van der Waals surface area contributed by atoms with Crippen LogP contribution in [0.2, 0.25) is 5.02 Å². The highest BCUT2D eigenvalue weighted by Gasteiger charge is 2.19. The maximum Gasteiger partial charge on any atom is 0.348 e. The zero-order valence-electron chi connectivity index (χ0n) is 16.1. The molecule has 0 aliphatic carbocycles. The fourth-order valence-electron chi connectivity index (χ4n) is 2.91. The number of carbonyl (C=O) groups excluding carboxylic acids is 2. The van der Waals surface area contributed by atoms with Gasteiger partial charge in [0.05, 0.1) is 12.2 Å². The molecule has 3 heterocycles. The number of hydrogen-bond acceptors (Lipinski definition) is 7. The van der Waals surface area contributed by atoms with Gasteiger partial charge in [0, 0.05) is 16.5 Å². The highest BCUT2D eigenvalue weighted by Crippen LogP contribution is 2.30. The monoisotopic (exact) mass is 444 g/mol. The Morgan fingerprint density at radius 3 is 2.80 bits per heavy atom. The fourth-order valence-corrected chi connectivity index (χ4v) is 4.17. The molecular formula is C20H17ClN4O4S. The predicted octanol–water partition coefficient (Wildman–Crippen LogP) is 4.20. The lowest BCUT2D eigenvalue weighted by molar-refractivity contribution is -0.119. The Morgan fingerprint density at radius 1 is 1.27 bits per heavy atom. The molecule has 30 heavy (non-hydrogen) atoms. The minimum Gasteiger partial charge on any atom is -0.451 e. The molecule has 0 radical (unpaired) electrons. The Hall–Kier alpha value is -3.17. The molecule has 0 unspecified atom stereocenters. The standard InChI is InChI=1S/C20H17ClN4O4S/c1-11-7-17(24-29-11)22-18(26)10-28-20(27)16-8-14-12(2)23-25(19(14)30-16)9-13-5-3-4-6-15(13)21/h3-8H,9-10H2,1-2H3,(H,22,24,26). The quantitative estimate of drug-likeness (QED) is 0.447. The summed E-state index contributed by atoms with van der Waals surface area (Å²) in [5, 5.41) is 12.2. The van der Waals surface area contributed by atoms with E-state index in [9.17, 15) is 9.59 Å². The van der Waals surface area contributed by atoms with Crippen LogP contribution in [0.1, 0.15) is 26.7 Å². The fraction of sp³-hybridized carbons (Fsp3) is 0.200. The first kappa shape index (κ1) is 20.1. The number of aromatic nitrogens is 3. The van der Waals surface area contributed by atoms with Gasteiger partial charge in [-0.3, -0.25) is 9.48 Å². The minimum atomic E-state index is -0.577. The van der Waals surface area contributed by atoms with Crippen LogP contribution in [0.25, 0.3) is 10.2 Å². The third-order valence-corrected chi connectivity index (χ3v) is 5.81.